The van der Waals surface area contributed by atoms with Crippen molar-refractivity contribution in [2.75, 3.05) is 12.4 Å². The highest BCUT2D eigenvalue weighted by Gasteiger charge is 2.54. The quantitative estimate of drug-likeness (QED) is 0.368. The smallest absolute Gasteiger partial charge is 0.342 e. The van der Waals surface area contributed by atoms with E-state index in [0.29, 0.717) is 11.4 Å². The third kappa shape index (κ3) is 5.82. The number of nitrogens with zero attached hydrogens (tertiary/aromatic N) is 1. The van der Waals surface area contributed by atoms with E-state index in [1.807, 2.05) is 19.6 Å². The normalized spacial score (nSPS) is 22.8. The summed E-state index contributed by atoms with van der Waals surface area (Å²) < 4.78 is 10.6. The Labute approximate surface area is 173 Å². The predicted molar refractivity (Wildman–Crippen MR) is 116 cm³/mol. The number of nitrogens with one attached hydrogen (secondary N) is 1. The molecular weight excluding hydrogens is 412 g/mol. The standard InChI is InChI=1S/C18H30N2O5SSi2/c1-12(21)24-10-8-9-13-11-26-17-14(19-27(2,3)4)16(22)20(17)15(13)18(23)25-28(5,6)7/h8-9,14,17,19H,10-11H2,1-7H3/b9-8+. The van der Waals surface area contributed by atoms with Crippen molar-refractivity contribution >= 4 is 46.2 Å². The number of esters is 1. The fourth-order valence-electron chi connectivity index (χ4n) is 2.91. The Balaban J connectivity index is 2.29. The molecule has 2 unspecified atom stereocenters. The Hall–Kier alpha value is -1.37. The van der Waals surface area contributed by atoms with Crippen LogP contribution < -0.4 is 4.98 Å². The lowest BCUT2D eigenvalue weighted by Crippen LogP contribution is -2.73. The molecule has 1 N–H and O–H groups in total. The third-order valence-electron chi connectivity index (χ3n) is 3.88. The van der Waals surface area contributed by atoms with E-state index in [2.05, 4.69) is 24.6 Å². The zero-order valence-electron chi connectivity index (χ0n) is 17.6. The first-order valence-corrected chi connectivity index (χ1v) is 17.2. The SMILES string of the molecule is CC(=O)OC/C=C/C1=C(C(=O)O[Si](C)(C)C)N2C(=O)C(N[Si](C)(C)C)C2SC1. The maximum Gasteiger partial charge on any atom is 0.342 e. The van der Waals surface area contributed by atoms with Crippen molar-refractivity contribution in [2.45, 2.75) is 57.6 Å². The molecule has 0 aromatic carbocycles. The van der Waals surface area contributed by atoms with E-state index in [1.165, 1.54) is 6.92 Å². The summed E-state index contributed by atoms with van der Waals surface area (Å²) in [6.45, 7) is 13.7. The number of amides is 1. The molecule has 0 aromatic heterocycles. The minimum atomic E-state index is -2.12. The second kappa shape index (κ2) is 8.56. The van der Waals surface area contributed by atoms with E-state index in [-0.39, 0.29) is 29.9 Å². The lowest BCUT2D eigenvalue weighted by atomic mass is 10.0. The van der Waals surface area contributed by atoms with Crippen molar-refractivity contribution in [1.82, 2.24) is 9.88 Å². The number of β-lactam (4-membered cyclic amide) rings is 1. The van der Waals surface area contributed by atoms with Gasteiger partial charge < -0.3 is 14.1 Å². The molecule has 7 nitrogen and oxygen atoms in total. The van der Waals surface area contributed by atoms with Crippen molar-refractivity contribution in [3.63, 3.8) is 0 Å². The van der Waals surface area contributed by atoms with Gasteiger partial charge in [-0.15, -0.1) is 11.8 Å². The first-order chi connectivity index (χ1) is 12.8. The van der Waals surface area contributed by atoms with E-state index in [4.69, 9.17) is 9.16 Å². The van der Waals surface area contributed by atoms with E-state index < -0.39 is 22.5 Å². The highest BCUT2D eigenvalue weighted by atomic mass is 32.2. The number of fused-ring (bicyclic) bond motifs is 1. The second-order valence-electron chi connectivity index (χ2n) is 8.86. The number of hydrogen-bond donors (Lipinski definition) is 1. The molecule has 156 valence electrons. The molecule has 1 saturated heterocycles. The van der Waals surface area contributed by atoms with Crippen LogP contribution in [0.2, 0.25) is 39.3 Å². The van der Waals surface area contributed by atoms with E-state index >= 15 is 0 Å². The van der Waals surface area contributed by atoms with Crippen molar-refractivity contribution in [3.05, 3.63) is 23.4 Å². The molecule has 1 amide bonds. The van der Waals surface area contributed by atoms with Crippen molar-refractivity contribution in [3.8, 4) is 0 Å². The molecule has 0 saturated carbocycles. The highest BCUT2D eigenvalue weighted by molar-refractivity contribution is 8.00. The molecule has 2 atom stereocenters. The molecule has 0 aromatic rings. The number of rotatable bonds is 7. The Morgan fingerprint density at radius 3 is 2.43 bits per heavy atom. The summed E-state index contributed by atoms with van der Waals surface area (Å²) in [4.78, 5) is 41.7. The summed E-state index contributed by atoms with van der Waals surface area (Å²) >= 11 is 1.63. The van der Waals surface area contributed by atoms with Gasteiger partial charge in [0.15, 0.2) is 0 Å². The Kier molecular flexibility index (Phi) is 7.00. The van der Waals surface area contributed by atoms with Gasteiger partial charge in [-0.05, 0) is 31.3 Å². The van der Waals surface area contributed by atoms with Crippen LogP contribution in [-0.2, 0) is 23.5 Å². The number of allylic oxidation sites excluding steroid dienone is 1. The average molecular weight is 443 g/mol. The Morgan fingerprint density at radius 2 is 1.89 bits per heavy atom. The summed E-state index contributed by atoms with van der Waals surface area (Å²) in [7, 11) is -3.77. The monoisotopic (exact) mass is 442 g/mol. The third-order valence-corrected chi connectivity index (χ3v) is 7.16. The minimum Gasteiger partial charge on any atom is -0.515 e. The van der Waals surface area contributed by atoms with E-state index in [0.717, 1.165) is 5.57 Å². The van der Waals surface area contributed by atoms with Gasteiger partial charge in [-0.3, -0.25) is 14.5 Å². The van der Waals surface area contributed by atoms with Crippen LogP contribution in [0.1, 0.15) is 6.92 Å². The fourth-order valence-corrected chi connectivity index (χ4v) is 6.22. The topological polar surface area (TPSA) is 84.9 Å². The fraction of sp³-hybridized carbons (Fsp3) is 0.611. The van der Waals surface area contributed by atoms with Gasteiger partial charge in [0.2, 0.25) is 14.2 Å². The van der Waals surface area contributed by atoms with E-state index in [9.17, 15) is 14.4 Å². The number of carbonyl (C=O) groups is 3. The summed E-state index contributed by atoms with van der Waals surface area (Å²) in [5.41, 5.74) is 1.04. The van der Waals surface area contributed by atoms with Gasteiger partial charge in [-0.1, -0.05) is 25.7 Å². The van der Waals surface area contributed by atoms with Crippen molar-refractivity contribution in [2.24, 2.45) is 0 Å². The lowest BCUT2D eigenvalue weighted by Gasteiger charge is -2.51. The first-order valence-electron chi connectivity index (χ1n) is 9.29. The maximum atomic E-state index is 12.9. The minimum absolute atomic E-state index is 0.0898. The average Bonchev–Trinajstić information content (AvgIpc) is 2.53. The summed E-state index contributed by atoms with van der Waals surface area (Å²) in [6.07, 6.45) is 3.43. The molecule has 2 aliphatic rings. The number of ether oxygens (including phenoxy) is 1. The zero-order chi connectivity index (χ0) is 21.3. The second-order valence-corrected chi connectivity index (χ2v) is 19.2. The van der Waals surface area contributed by atoms with Crippen molar-refractivity contribution < 1.29 is 23.5 Å². The molecule has 2 aliphatic heterocycles. The molecule has 28 heavy (non-hydrogen) atoms. The van der Waals surface area contributed by atoms with Gasteiger partial charge >= 0.3 is 11.9 Å². The predicted octanol–water partition coefficient (Wildman–Crippen LogP) is 2.45. The number of thioether (sulfide) groups is 1. The van der Waals surface area contributed by atoms with Crippen molar-refractivity contribution in [1.29, 1.82) is 0 Å². The van der Waals surface area contributed by atoms with Gasteiger partial charge in [0.05, 0.1) is 0 Å². The van der Waals surface area contributed by atoms with Crippen LogP contribution in [0.3, 0.4) is 0 Å². The van der Waals surface area contributed by atoms with Crippen LogP contribution >= 0.6 is 11.8 Å². The van der Waals surface area contributed by atoms with Gasteiger partial charge in [0.25, 0.3) is 0 Å². The van der Waals surface area contributed by atoms with Crippen LogP contribution in [0.5, 0.6) is 0 Å². The Bertz CT molecular complexity index is 724. The van der Waals surface area contributed by atoms with Gasteiger partial charge in [0, 0.05) is 12.7 Å². The summed E-state index contributed by atoms with van der Waals surface area (Å²) in [5.74, 6) is -0.317. The van der Waals surface area contributed by atoms with Crippen LogP contribution in [0.4, 0.5) is 0 Å². The molecule has 0 radical (unpaired) electrons. The molecule has 0 aliphatic carbocycles. The zero-order valence-corrected chi connectivity index (χ0v) is 20.4. The number of carbonyl (C=O) groups excluding carboxylic acids is 3. The molecule has 0 bridgehead atoms. The molecule has 1 fully saturated rings. The van der Waals surface area contributed by atoms with Gasteiger partial charge in [-0.25, -0.2) is 4.79 Å². The summed E-state index contributed by atoms with van der Waals surface area (Å²) in [5, 5.41) is -0.103. The molecule has 10 heteroatoms. The molecule has 0 spiro atoms. The van der Waals surface area contributed by atoms with Gasteiger partial charge in [0.1, 0.15) is 32.0 Å². The molecule has 2 rings (SSSR count). The van der Waals surface area contributed by atoms with Crippen LogP contribution in [-0.4, -0.2) is 63.1 Å². The van der Waals surface area contributed by atoms with Crippen LogP contribution in [0.25, 0.3) is 0 Å². The maximum absolute atomic E-state index is 12.9. The Morgan fingerprint density at radius 1 is 1.25 bits per heavy atom. The first kappa shape index (κ1) is 22.9. The largest absolute Gasteiger partial charge is 0.515 e. The van der Waals surface area contributed by atoms with Crippen LogP contribution in [0, 0.1) is 0 Å². The lowest BCUT2D eigenvalue weighted by molar-refractivity contribution is -0.147. The highest BCUT2D eigenvalue weighted by Crippen LogP contribution is 2.41. The molecule has 2 heterocycles. The van der Waals surface area contributed by atoms with E-state index in [1.54, 1.807) is 28.8 Å². The summed E-state index contributed by atoms with van der Waals surface area (Å²) in [6, 6.07) is -0.266. The van der Waals surface area contributed by atoms with Gasteiger partial charge in [-0.2, -0.15) is 0 Å². The number of hydrogen-bond acceptors (Lipinski definition) is 7. The van der Waals surface area contributed by atoms with Crippen LogP contribution in [0.15, 0.2) is 23.4 Å². The molecular formula is C18H30N2O5SSi2.